The van der Waals surface area contributed by atoms with Crippen LogP contribution in [0.25, 0.3) is 0 Å². The monoisotopic (exact) mass is 238 g/mol. The zero-order chi connectivity index (χ0) is 12.3. The third-order valence-corrected chi connectivity index (χ3v) is 5.08. The highest BCUT2D eigenvalue weighted by Gasteiger charge is 2.39. The smallest absolute Gasteiger partial charge is 0.306 e. The molecule has 0 aliphatic rings. The number of benzene rings is 1. The number of carbonyl (C=O) groups is 1. The lowest BCUT2D eigenvalue weighted by atomic mass is 10.1. The van der Waals surface area contributed by atoms with Gasteiger partial charge < -0.3 is 10.2 Å². The molecule has 3 nitrogen and oxygen atoms in total. The van der Waals surface area contributed by atoms with Crippen molar-refractivity contribution >= 4 is 14.0 Å². The molecule has 16 heavy (non-hydrogen) atoms. The number of aliphatic hydroxyl groups is 1. The number of rotatable bonds is 4. The molecule has 0 saturated heterocycles. The highest BCUT2D eigenvalue weighted by atomic mass is 28.3. The molecule has 0 aromatic heterocycles. The zero-order valence-electron chi connectivity index (χ0n) is 9.84. The van der Waals surface area contributed by atoms with Crippen molar-refractivity contribution in [1.29, 1.82) is 0 Å². The van der Waals surface area contributed by atoms with Crippen LogP contribution in [-0.4, -0.2) is 24.3 Å². The molecule has 1 rings (SSSR count). The number of hydrogen-bond donors (Lipinski definition) is 2. The van der Waals surface area contributed by atoms with E-state index in [0.717, 1.165) is 0 Å². The normalized spacial score (nSPS) is 15.5. The lowest BCUT2D eigenvalue weighted by Crippen LogP contribution is -2.37. The van der Waals surface area contributed by atoms with Crippen LogP contribution < -0.4 is 0 Å². The Morgan fingerprint density at radius 3 is 2.06 bits per heavy atom. The average molecular weight is 238 g/mol. The second-order valence-corrected chi connectivity index (χ2v) is 10.4. The largest absolute Gasteiger partial charge is 0.481 e. The standard InChI is InChI=1S/C12H18O3Si/c1-16(2,3)11(12(14)15)10(13)9-7-5-4-6-8-9/h4-8,10-11,13H,1-3H3,(H,14,15)/t10-,11+/m1/s1. The van der Waals surface area contributed by atoms with Crippen LogP contribution in [0, 0.1) is 0 Å². The molecule has 1 aromatic carbocycles. The summed E-state index contributed by atoms with van der Waals surface area (Å²) in [7, 11) is -1.95. The molecule has 0 radical (unpaired) electrons. The minimum atomic E-state index is -1.95. The number of aliphatic hydroxyl groups excluding tert-OH is 1. The van der Waals surface area contributed by atoms with Crippen molar-refractivity contribution in [2.24, 2.45) is 0 Å². The summed E-state index contributed by atoms with van der Waals surface area (Å²) in [6.07, 6.45) is -0.912. The molecule has 88 valence electrons. The maximum atomic E-state index is 11.2. The second-order valence-electron chi connectivity index (χ2n) is 5.04. The van der Waals surface area contributed by atoms with Gasteiger partial charge in [-0.05, 0) is 5.56 Å². The second kappa shape index (κ2) is 4.80. The third-order valence-electron chi connectivity index (χ3n) is 2.66. The minimum Gasteiger partial charge on any atom is -0.481 e. The molecule has 0 fully saturated rings. The summed E-state index contributed by atoms with van der Waals surface area (Å²) < 4.78 is 0. The fourth-order valence-corrected chi connectivity index (χ4v) is 3.70. The van der Waals surface area contributed by atoms with E-state index >= 15 is 0 Å². The van der Waals surface area contributed by atoms with Crippen molar-refractivity contribution in [2.45, 2.75) is 31.3 Å². The molecule has 0 unspecified atom stereocenters. The topological polar surface area (TPSA) is 57.5 Å². The van der Waals surface area contributed by atoms with E-state index in [2.05, 4.69) is 0 Å². The van der Waals surface area contributed by atoms with Crippen LogP contribution in [0.2, 0.25) is 25.2 Å². The van der Waals surface area contributed by atoms with Crippen LogP contribution in [0.15, 0.2) is 30.3 Å². The van der Waals surface area contributed by atoms with Crippen LogP contribution in [0.5, 0.6) is 0 Å². The molecule has 2 atom stereocenters. The van der Waals surface area contributed by atoms with Gasteiger partial charge in [0.25, 0.3) is 0 Å². The van der Waals surface area contributed by atoms with E-state index in [1.807, 2.05) is 37.8 Å². The fourth-order valence-electron chi connectivity index (χ4n) is 1.82. The van der Waals surface area contributed by atoms with Gasteiger partial charge in [-0.3, -0.25) is 4.79 Å². The first-order chi connectivity index (χ1) is 7.34. The summed E-state index contributed by atoms with van der Waals surface area (Å²) >= 11 is 0. The van der Waals surface area contributed by atoms with Gasteiger partial charge in [0.05, 0.1) is 19.7 Å². The molecule has 4 heteroatoms. The highest BCUT2D eigenvalue weighted by Crippen LogP contribution is 2.35. The van der Waals surface area contributed by atoms with Crippen molar-refractivity contribution in [3.05, 3.63) is 35.9 Å². The molecule has 0 amide bonds. The molecular formula is C12H18O3Si. The summed E-state index contributed by atoms with van der Waals surface area (Å²) in [5.74, 6) is -0.907. The van der Waals surface area contributed by atoms with Crippen molar-refractivity contribution in [3.63, 3.8) is 0 Å². The first-order valence-corrected chi connectivity index (χ1v) is 8.87. The van der Waals surface area contributed by atoms with Gasteiger partial charge in [0.1, 0.15) is 0 Å². The predicted molar refractivity (Wildman–Crippen MR) is 66.1 cm³/mol. The third kappa shape index (κ3) is 2.93. The number of carboxylic acid groups (broad SMARTS) is 1. The van der Waals surface area contributed by atoms with Crippen LogP contribution >= 0.6 is 0 Å². The Kier molecular flexibility index (Phi) is 3.88. The van der Waals surface area contributed by atoms with Gasteiger partial charge in [-0.1, -0.05) is 50.0 Å². The van der Waals surface area contributed by atoms with E-state index in [-0.39, 0.29) is 0 Å². The summed E-state index contributed by atoms with van der Waals surface area (Å²) in [5, 5.41) is 19.4. The molecule has 1 aromatic rings. The Bertz CT molecular complexity index is 356. The van der Waals surface area contributed by atoms with Gasteiger partial charge in [-0.25, -0.2) is 0 Å². The summed E-state index contributed by atoms with van der Waals surface area (Å²) in [6, 6.07) is 8.99. The van der Waals surface area contributed by atoms with Gasteiger partial charge in [-0.15, -0.1) is 0 Å². The summed E-state index contributed by atoms with van der Waals surface area (Å²) in [4.78, 5) is 11.2. The molecule has 0 bridgehead atoms. The Hall–Kier alpha value is -1.13. The molecule has 0 heterocycles. The molecule has 0 aliphatic heterocycles. The number of hydrogen-bond acceptors (Lipinski definition) is 2. The van der Waals surface area contributed by atoms with Crippen LogP contribution in [0.1, 0.15) is 11.7 Å². The predicted octanol–water partition coefficient (Wildman–Crippen LogP) is 2.51. The Balaban J connectivity index is 3.02. The quantitative estimate of drug-likeness (QED) is 0.792. The van der Waals surface area contributed by atoms with Crippen molar-refractivity contribution in [2.75, 3.05) is 0 Å². The van der Waals surface area contributed by atoms with E-state index in [0.29, 0.717) is 5.56 Å². The summed E-state index contributed by atoms with van der Waals surface area (Å²) in [6.45, 7) is 5.87. The minimum absolute atomic E-state index is 0.671. The Labute approximate surface area is 96.8 Å². The first kappa shape index (κ1) is 12.9. The van der Waals surface area contributed by atoms with Crippen molar-refractivity contribution in [1.82, 2.24) is 0 Å². The zero-order valence-corrected chi connectivity index (χ0v) is 10.8. The van der Waals surface area contributed by atoms with Crippen LogP contribution in [0.3, 0.4) is 0 Å². The van der Waals surface area contributed by atoms with E-state index in [1.165, 1.54) is 0 Å². The maximum absolute atomic E-state index is 11.2. The maximum Gasteiger partial charge on any atom is 0.306 e. The lowest BCUT2D eigenvalue weighted by Gasteiger charge is -2.29. The SMILES string of the molecule is C[Si](C)(C)[C@H](C(=O)O)[C@H](O)c1ccccc1. The number of aliphatic carboxylic acids is 1. The van der Waals surface area contributed by atoms with Crippen LogP contribution in [-0.2, 0) is 4.79 Å². The lowest BCUT2D eigenvalue weighted by molar-refractivity contribution is -0.139. The van der Waals surface area contributed by atoms with Gasteiger partial charge in [0.2, 0.25) is 0 Å². The average Bonchev–Trinajstić information content (AvgIpc) is 2.16. The van der Waals surface area contributed by atoms with Gasteiger partial charge in [0, 0.05) is 0 Å². The van der Waals surface area contributed by atoms with Crippen LogP contribution in [0.4, 0.5) is 0 Å². The molecule has 2 N–H and O–H groups in total. The van der Waals surface area contributed by atoms with Gasteiger partial charge in [0.15, 0.2) is 0 Å². The molecular weight excluding hydrogens is 220 g/mol. The van der Waals surface area contributed by atoms with Gasteiger partial charge in [-0.2, -0.15) is 0 Å². The van der Waals surface area contributed by atoms with Crippen molar-refractivity contribution in [3.8, 4) is 0 Å². The van der Waals surface area contributed by atoms with E-state index in [9.17, 15) is 15.0 Å². The number of carboxylic acids is 1. The van der Waals surface area contributed by atoms with E-state index in [4.69, 9.17) is 0 Å². The molecule has 0 saturated carbocycles. The van der Waals surface area contributed by atoms with Gasteiger partial charge >= 0.3 is 5.97 Å². The molecule has 0 aliphatic carbocycles. The van der Waals surface area contributed by atoms with Crippen molar-refractivity contribution < 1.29 is 15.0 Å². The Morgan fingerprint density at radius 1 is 1.19 bits per heavy atom. The Morgan fingerprint density at radius 2 is 1.69 bits per heavy atom. The highest BCUT2D eigenvalue weighted by molar-refractivity contribution is 6.80. The fraction of sp³-hybridized carbons (Fsp3) is 0.417. The molecule has 0 spiro atoms. The first-order valence-electron chi connectivity index (χ1n) is 5.30. The van der Waals surface area contributed by atoms with E-state index < -0.39 is 25.7 Å². The summed E-state index contributed by atoms with van der Waals surface area (Å²) in [5.41, 5.74) is 0.00669. The van der Waals surface area contributed by atoms with E-state index in [1.54, 1.807) is 12.1 Å².